The van der Waals surface area contributed by atoms with E-state index in [0.717, 1.165) is 38.5 Å². The Kier molecular flexibility index (Phi) is 39.2. The molecule has 0 saturated heterocycles. The Morgan fingerprint density at radius 2 is 0.820 bits per heavy atom. The first-order chi connectivity index (χ1) is 24.6. The number of allylic oxidation sites excluding steroid dienone is 5. The van der Waals surface area contributed by atoms with Gasteiger partial charge in [-0.1, -0.05) is 198 Å². The van der Waals surface area contributed by atoms with E-state index in [0.29, 0.717) is 6.42 Å². The topological polar surface area (TPSA) is 89.8 Å². The molecule has 3 unspecified atom stereocenters. The molecule has 294 valence electrons. The van der Waals surface area contributed by atoms with Crippen LogP contribution in [0.25, 0.3) is 0 Å². The summed E-state index contributed by atoms with van der Waals surface area (Å²) in [4.78, 5) is 12.4. The van der Waals surface area contributed by atoms with Gasteiger partial charge in [0.1, 0.15) is 6.10 Å². The van der Waals surface area contributed by atoms with E-state index in [1.54, 1.807) is 6.08 Å². The van der Waals surface area contributed by atoms with Crippen LogP contribution in [-0.4, -0.2) is 46.1 Å². The molecule has 0 bridgehead atoms. The van der Waals surface area contributed by atoms with Crippen LogP contribution in [-0.2, 0) is 4.79 Å². The lowest BCUT2D eigenvalue weighted by atomic mass is 10.0. The second kappa shape index (κ2) is 40.3. The fourth-order valence-corrected chi connectivity index (χ4v) is 6.49. The van der Waals surface area contributed by atoms with Crippen molar-refractivity contribution in [3.8, 4) is 0 Å². The Hall–Kier alpha value is -1.43. The first-order valence-corrected chi connectivity index (χ1v) is 21.8. The molecule has 4 N–H and O–H groups in total. The lowest BCUT2D eigenvalue weighted by molar-refractivity contribution is -0.131. The highest BCUT2D eigenvalue weighted by molar-refractivity contribution is 5.80. The maximum atomic E-state index is 12.4. The molecule has 1 amide bonds. The Morgan fingerprint density at radius 1 is 0.480 bits per heavy atom. The van der Waals surface area contributed by atoms with Gasteiger partial charge in [0.05, 0.1) is 18.8 Å². The molecule has 5 nitrogen and oxygen atoms in total. The van der Waals surface area contributed by atoms with Gasteiger partial charge in [-0.05, 0) is 57.8 Å². The van der Waals surface area contributed by atoms with Crippen molar-refractivity contribution in [1.29, 1.82) is 0 Å². The number of nitrogens with one attached hydrogen (secondary N) is 1. The minimum atomic E-state index is -1.10. The fourth-order valence-electron chi connectivity index (χ4n) is 6.49. The number of rotatable bonds is 39. The van der Waals surface area contributed by atoms with Crippen LogP contribution >= 0.6 is 0 Å². The number of hydrogen-bond donors (Lipinski definition) is 4. The van der Waals surface area contributed by atoms with E-state index in [-0.39, 0.29) is 6.61 Å². The summed E-state index contributed by atoms with van der Waals surface area (Å²) in [6.45, 7) is 4.13. The molecular weight excluding hydrogens is 618 g/mol. The minimum Gasteiger partial charge on any atom is -0.394 e. The summed E-state index contributed by atoms with van der Waals surface area (Å²) < 4.78 is 0. The molecule has 0 aromatic carbocycles. The molecule has 3 atom stereocenters. The molecule has 0 radical (unpaired) electrons. The van der Waals surface area contributed by atoms with Crippen LogP contribution < -0.4 is 5.32 Å². The van der Waals surface area contributed by atoms with Crippen molar-refractivity contribution < 1.29 is 20.1 Å². The molecule has 50 heavy (non-hydrogen) atoms. The van der Waals surface area contributed by atoms with Crippen molar-refractivity contribution in [1.82, 2.24) is 5.32 Å². The predicted molar refractivity (Wildman–Crippen MR) is 218 cm³/mol. The van der Waals surface area contributed by atoms with Crippen molar-refractivity contribution in [2.75, 3.05) is 6.61 Å². The molecule has 0 saturated carbocycles. The number of aliphatic hydroxyl groups is 3. The second-order valence-corrected chi connectivity index (χ2v) is 14.9. The zero-order chi connectivity index (χ0) is 36.6. The van der Waals surface area contributed by atoms with E-state index in [1.807, 2.05) is 6.08 Å². The smallest absolute Gasteiger partial charge is 0.249 e. The highest BCUT2D eigenvalue weighted by Crippen LogP contribution is 2.15. The van der Waals surface area contributed by atoms with Crippen molar-refractivity contribution in [3.05, 3.63) is 36.5 Å². The Bertz CT molecular complexity index is 779. The number of aliphatic hydroxyl groups excluding tert-OH is 3. The quantitative estimate of drug-likeness (QED) is 0.0379. The van der Waals surface area contributed by atoms with Crippen LogP contribution in [0.1, 0.15) is 219 Å². The second-order valence-electron chi connectivity index (χ2n) is 14.9. The largest absolute Gasteiger partial charge is 0.394 e. The third-order valence-corrected chi connectivity index (χ3v) is 9.95. The number of hydrogen-bond acceptors (Lipinski definition) is 4. The molecule has 0 heterocycles. The zero-order valence-electron chi connectivity index (χ0n) is 33.3. The summed E-state index contributed by atoms with van der Waals surface area (Å²) in [5, 5.41) is 32.9. The highest BCUT2D eigenvalue weighted by Gasteiger charge is 2.22. The van der Waals surface area contributed by atoms with Gasteiger partial charge in [-0.2, -0.15) is 0 Å². The molecule has 0 aliphatic heterocycles. The number of unbranched alkanes of at least 4 members (excludes halogenated alkanes) is 27. The molecular formula is C45H85NO4. The van der Waals surface area contributed by atoms with Crippen molar-refractivity contribution in [3.63, 3.8) is 0 Å². The van der Waals surface area contributed by atoms with Gasteiger partial charge >= 0.3 is 0 Å². The average Bonchev–Trinajstić information content (AvgIpc) is 3.12. The van der Waals surface area contributed by atoms with Crippen molar-refractivity contribution in [2.45, 2.75) is 238 Å². The van der Waals surface area contributed by atoms with Crippen molar-refractivity contribution >= 4 is 5.91 Å². The standard InChI is InChI=1S/C45H85NO4/c1-3-5-7-9-11-13-15-16-17-18-19-20-21-22-23-24-25-26-27-28-29-30-32-34-36-38-40-44(49)45(50)46-42(41-47)43(48)39-37-35-33-31-14-12-10-8-6-4-2/h14,22-23,31,37,39,42-44,47-49H,3-13,15-21,24-30,32-36,38,40-41H2,1-2H3,(H,46,50)/b23-22-,31-14+,39-37+. The van der Waals surface area contributed by atoms with E-state index in [4.69, 9.17) is 0 Å². The lowest BCUT2D eigenvalue weighted by Crippen LogP contribution is -2.48. The zero-order valence-corrected chi connectivity index (χ0v) is 33.3. The van der Waals surface area contributed by atoms with E-state index in [9.17, 15) is 20.1 Å². The SMILES string of the molecule is CCCCCC/C=C/CC/C=C/C(O)C(CO)NC(=O)C(O)CCCCCCCCCCCC/C=C\CCCCCCCCCCCCCC. The minimum absolute atomic E-state index is 0.377. The fraction of sp³-hybridized carbons (Fsp3) is 0.844. The van der Waals surface area contributed by atoms with E-state index >= 15 is 0 Å². The maximum absolute atomic E-state index is 12.4. The van der Waals surface area contributed by atoms with Crippen LogP contribution in [0.4, 0.5) is 0 Å². The summed E-state index contributed by atoms with van der Waals surface area (Å²) in [5.74, 6) is -0.516. The van der Waals surface area contributed by atoms with Gasteiger partial charge in [0, 0.05) is 0 Å². The highest BCUT2D eigenvalue weighted by atomic mass is 16.3. The van der Waals surface area contributed by atoms with Crippen LogP contribution in [0.2, 0.25) is 0 Å². The first kappa shape index (κ1) is 48.6. The Labute approximate surface area is 311 Å². The lowest BCUT2D eigenvalue weighted by Gasteiger charge is -2.21. The van der Waals surface area contributed by atoms with Gasteiger partial charge in [-0.25, -0.2) is 0 Å². The van der Waals surface area contributed by atoms with Crippen LogP contribution in [0.5, 0.6) is 0 Å². The van der Waals surface area contributed by atoms with Gasteiger partial charge in [0.25, 0.3) is 0 Å². The van der Waals surface area contributed by atoms with E-state index in [1.165, 1.54) is 161 Å². The van der Waals surface area contributed by atoms with E-state index in [2.05, 4.69) is 43.5 Å². The average molecular weight is 704 g/mol. The molecule has 5 heteroatoms. The molecule has 0 fully saturated rings. The third kappa shape index (κ3) is 35.0. The molecule has 0 rings (SSSR count). The number of carbonyl (C=O) groups is 1. The Morgan fingerprint density at radius 3 is 1.24 bits per heavy atom. The van der Waals surface area contributed by atoms with Gasteiger partial charge in [0.15, 0.2) is 0 Å². The Balaban J connectivity index is 3.59. The van der Waals surface area contributed by atoms with Crippen LogP contribution in [0.3, 0.4) is 0 Å². The first-order valence-electron chi connectivity index (χ1n) is 21.8. The predicted octanol–water partition coefficient (Wildman–Crippen LogP) is 12.4. The number of amides is 1. The summed E-state index contributed by atoms with van der Waals surface area (Å²) >= 11 is 0. The molecule has 0 aromatic rings. The normalized spacial score (nSPS) is 13.9. The summed E-state index contributed by atoms with van der Waals surface area (Å²) in [6.07, 6.45) is 50.5. The summed E-state index contributed by atoms with van der Waals surface area (Å²) in [7, 11) is 0. The molecule has 0 aromatic heterocycles. The van der Waals surface area contributed by atoms with Crippen LogP contribution in [0.15, 0.2) is 36.5 Å². The molecule has 0 aliphatic rings. The molecule has 0 aliphatic carbocycles. The van der Waals surface area contributed by atoms with E-state index < -0.39 is 24.2 Å². The van der Waals surface area contributed by atoms with Crippen LogP contribution in [0, 0.1) is 0 Å². The van der Waals surface area contributed by atoms with Gasteiger partial charge < -0.3 is 20.6 Å². The summed E-state index contributed by atoms with van der Waals surface area (Å²) in [5.41, 5.74) is 0. The monoisotopic (exact) mass is 704 g/mol. The van der Waals surface area contributed by atoms with Crippen molar-refractivity contribution in [2.24, 2.45) is 0 Å². The number of carbonyl (C=O) groups excluding carboxylic acids is 1. The van der Waals surface area contributed by atoms with Gasteiger partial charge in [-0.15, -0.1) is 0 Å². The third-order valence-electron chi connectivity index (χ3n) is 9.95. The van der Waals surface area contributed by atoms with Gasteiger partial charge in [0.2, 0.25) is 5.91 Å². The van der Waals surface area contributed by atoms with Gasteiger partial charge in [-0.3, -0.25) is 4.79 Å². The maximum Gasteiger partial charge on any atom is 0.249 e. The molecule has 0 spiro atoms. The summed E-state index contributed by atoms with van der Waals surface area (Å²) in [6, 6.07) is -0.812.